The number of benzene rings is 1. The Morgan fingerprint density at radius 1 is 1.16 bits per heavy atom. The van der Waals surface area contributed by atoms with Crippen molar-refractivity contribution in [3.05, 3.63) is 66.4 Å². The highest BCUT2D eigenvalue weighted by Crippen LogP contribution is 2.29. The second kappa shape index (κ2) is 9.70. The Balaban J connectivity index is 1.70. The van der Waals surface area contributed by atoms with Gasteiger partial charge in [-0.05, 0) is 36.8 Å². The second-order valence-corrected chi connectivity index (χ2v) is 8.97. The molecule has 2 aromatic rings. The first-order valence-electron chi connectivity index (χ1n) is 9.90. The number of carbonyl (C=O) groups excluding carboxylic acids is 1. The number of alkyl halides is 3. The third kappa shape index (κ3) is 5.65. The summed E-state index contributed by atoms with van der Waals surface area (Å²) >= 11 is 0. The van der Waals surface area contributed by atoms with Crippen molar-refractivity contribution in [2.75, 3.05) is 37.6 Å². The molecule has 0 atom stereocenters. The minimum absolute atomic E-state index is 0.0180. The molecule has 1 N–H and O–H groups in total. The number of carbonyl (C=O) groups is 1. The van der Waals surface area contributed by atoms with Crippen LogP contribution in [0.25, 0.3) is 0 Å². The van der Waals surface area contributed by atoms with Gasteiger partial charge in [-0.2, -0.15) is 13.2 Å². The van der Waals surface area contributed by atoms with E-state index in [4.69, 9.17) is 0 Å². The molecule has 1 aliphatic rings. The van der Waals surface area contributed by atoms with E-state index in [1.807, 2.05) is 4.90 Å². The van der Waals surface area contributed by atoms with Crippen LogP contribution in [-0.2, 0) is 16.2 Å². The molecule has 1 fully saturated rings. The number of amides is 1. The van der Waals surface area contributed by atoms with E-state index in [1.165, 1.54) is 30.3 Å². The minimum atomic E-state index is -4.45. The smallest absolute Gasteiger partial charge is 0.355 e. The van der Waals surface area contributed by atoms with E-state index in [1.54, 1.807) is 11.0 Å². The zero-order chi connectivity index (χ0) is 23.4. The maximum Gasteiger partial charge on any atom is 0.417 e. The molecule has 0 bridgehead atoms. The Labute approximate surface area is 184 Å². The molecule has 2 heterocycles. The lowest BCUT2D eigenvalue weighted by molar-refractivity contribution is -0.137. The molecule has 1 aromatic heterocycles. The van der Waals surface area contributed by atoms with Crippen LogP contribution in [0, 0.1) is 0 Å². The number of hydrogen-bond acceptors (Lipinski definition) is 5. The summed E-state index contributed by atoms with van der Waals surface area (Å²) in [5, 5.41) is 0. The lowest BCUT2D eigenvalue weighted by Gasteiger charge is -2.23. The van der Waals surface area contributed by atoms with Gasteiger partial charge in [-0.1, -0.05) is 12.1 Å². The largest absolute Gasteiger partial charge is 0.417 e. The van der Waals surface area contributed by atoms with Gasteiger partial charge in [0, 0.05) is 44.5 Å². The molecule has 0 radical (unpaired) electrons. The molecular weight excluding hydrogens is 445 g/mol. The van der Waals surface area contributed by atoms with E-state index in [2.05, 4.69) is 16.3 Å². The van der Waals surface area contributed by atoms with E-state index in [-0.39, 0.29) is 22.9 Å². The zero-order valence-electron chi connectivity index (χ0n) is 17.2. The predicted molar refractivity (Wildman–Crippen MR) is 114 cm³/mol. The van der Waals surface area contributed by atoms with Crippen LogP contribution in [0.15, 0.2) is 60.1 Å². The molecule has 0 spiro atoms. The average Bonchev–Trinajstić information content (AvgIpc) is 3.03. The summed E-state index contributed by atoms with van der Waals surface area (Å²) in [6.45, 7) is 5.22. The van der Waals surface area contributed by atoms with Crippen molar-refractivity contribution in [1.82, 2.24) is 14.6 Å². The Morgan fingerprint density at radius 3 is 2.59 bits per heavy atom. The summed E-state index contributed by atoms with van der Waals surface area (Å²) in [6, 6.07) is 8.10. The van der Waals surface area contributed by atoms with Crippen LogP contribution in [0.2, 0.25) is 0 Å². The number of nitrogens with one attached hydrogen (secondary N) is 1. The number of halogens is 3. The molecule has 32 heavy (non-hydrogen) atoms. The summed E-state index contributed by atoms with van der Waals surface area (Å²) in [6.07, 6.45) is -1.64. The van der Waals surface area contributed by atoms with Gasteiger partial charge in [0.15, 0.2) is 0 Å². The fraction of sp³-hybridized carbons (Fsp3) is 0.333. The Kier molecular flexibility index (Phi) is 7.19. The Bertz CT molecular complexity index is 1070. The molecule has 1 aromatic carbocycles. The maximum absolute atomic E-state index is 13.0. The summed E-state index contributed by atoms with van der Waals surface area (Å²) in [4.78, 5) is 20.3. The zero-order valence-corrected chi connectivity index (χ0v) is 18.0. The number of hydrogen-bond donors (Lipinski definition) is 1. The average molecular weight is 469 g/mol. The summed E-state index contributed by atoms with van der Waals surface area (Å²) in [5.41, 5.74) is -0.571. The van der Waals surface area contributed by atoms with Crippen LogP contribution in [0.3, 0.4) is 0 Å². The van der Waals surface area contributed by atoms with E-state index in [9.17, 15) is 26.4 Å². The molecule has 0 saturated carbocycles. The SMILES string of the molecule is C=CCNS(=O)(=O)c1cccc(C(=O)N2CCCN(c3ccc(C(F)(F)F)cn3)CC2)c1. The highest BCUT2D eigenvalue weighted by atomic mass is 32.2. The number of anilines is 1. The van der Waals surface area contributed by atoms with Gasteiger partial charge < -0.3 is 9.80 Å². The second-order valence-electron chi connectivity index (χ2n) is 7.20. The first-order chi connectivity index (χ1) is 15.1. The van der Waals surface area contributed by atoms with Crippen LogP contribution in [0.4, 0.5) is 19.0 Å². The molecule has 7 nitrogen and oxygen atoms in total. The van der Waals surface area contributed by atoms with Crippen molar-refractivity contribution >= 4 is 21.7 Å². The van der Waals surface area contributed by atoms with Crippen molar-refractivity contribution < 1.29 is 26.4 Å². The highest BCUT2D eigenvalue weighted by molar-refractivity contribution is 7.89. The van der Waals surface area contributed by atoms with Gasteiger partial charge in [-0.3, -0.25) is 4.79 Å². The van der Waals surface area contributed by atoms with E-state index >= 15 is 0 Å². The van der Waals surface area contributed by atoms with Crippen molar-refractivity contribution in [2.24, 2.45) is 0 Å². The first-order valence-corrected chi connectivity index (χ1v) is 11.4. The number of sulfonamides is 1. The standard InChI is InChI=1S/C21H23F3N4O3S/c1-2-9-26-32(30,31)18-6-3-5-16(14-18)20(29)28-11-4-10-27(12-13-28)19-8-7-17(15-25-19)21(22,23)24/h2-3,5-8,14-15,26H,1,4,9-13H2. The first kappa shape index (κ1) is 23.7. The monoisotopic (exact) mass is 468 g/mol. The van der Waals surface area contributed by atoms with Crippen LogP contribution in [-0.4, -0.2) is 56.9 Å². The van der Waals surface area contributed by atoms with Gasteiger partial charge in [0.1, 0.15) is 5.82 Å². The normalized spacial score (nSPS) is 15.3. The van der Waals surface area contributed by atoms with Crippen molar-refractivity contribution in [2.45, 2.75) is 17.5 Å². The van der Waals surface area contributed by atoms with E-state index in [0.29, 0.717) is 38.4 Å². The lowest BCUT2D eigenvalue weighted by Crippen LogP contribution is -2.35. The number of rotatable bonds is 6. The number of aromatic nitrogens is 1. The third-order valence-electron chi connectivity index (χ3n) is 4.99. The molecule has 0 unspecified atom stereocenters. The van der Waals surface area contributed by atoms with Gasteiger partial charge in [0.05, 0.1) is 10.5 Å². The fourth-order valence-electron chi connectivity index (χ4n) is 3.32. The number of pyridine rings is 1. The van der Waals surface area contributed by atoms with Gasteiger partial charge in [0.2, 0.25) is 10.0 Å². The summed E-state index contributed by atoms with van der Waals surface area (Å²) in [5.74, 6) is 0.0988. The van der Waals surface area contributed by atoms with Crippen LogP contribution in [0.1, 0.15) is 22.3 Å². The highest BCUT2D eigenvalue weighted by Gasteiger charge is 2.31. The van der Waals surface area contributed by atoms with Gasteiger partial charge in [-0.25, -0.2) is 18.1 Å². The minimum Gasteiger partial charge on any atom is -0.355 e. The third-order valence-corrected chi connectivity index (χ3v) is 6.41. The summed E-state index contributed by atoms with van der Waals surface area (Å²) in [7, 11) is -3.76. The van der Waals surface area contributed by atoms with Gasteiger partial charge in [-0.15, -0.1) is 6.58 Å². The Hall–Kier alpha value is -2.92. The predicted octanol–water partition coefficient (Wildman–Crippen LogP) is 2.92. The lowest BCUT2D eigenvalue weighted by atomic mass is 10.2. The topological polar surface area (TPSA) is 82.6 Å². The molecule has 0 aliphatic carbocycles. The molecule has 1 saturated heterocycles. The van der Waals surface area contributed by atoms with Gasteiger partial charge >= 0.3 is 6.18 Å². The Morgan fingerprint density at radius 2 is 1.94 bits per heavy atom. The molecule has 1 aliphatic heterocycles. The molecule has 172 valence electrons. The van der Waals surface area contributed by atoms with E-state index in [0.717, 1.165) is 12.3 Å². The summed E-state index contributed by atoms with van der Waals surface area (Å²) < 4.78 is 65.2. The van der Waals surface area contributed by atoms with Crippen molar-refractivity contribution in [1.29, 1.82) is 0 Å². The van der Waals surface area contributed by atoms with Gasteiger partial charge in [0.25, 0.3) is 5.91 Å². The fourth-order valence-corrected chi connectivity index (χ4v) is 4.37. The molecule has 3 rings (SSSR count). The molecule has 1 amide bonds. The van der Waals surface area contributed by atoms with Crippen molar-refractivity contribution in [3.8, 4) is 0 Å². The van der Waals surface area contributed by atoms with Crippen LogP contribution >= 0.6 is 0 Å². The molecular formula is C21H23F3N4O3S. The van der Waals surface area contributed by atoms with Crippen LogP contribution < -0.4 is 9.62 Å². The number of nitrogens with zero attached hydrogens (tertiary/aromatic N) is 3. The van der Waals surface area contributed by atoms with E-state index < -0.39 is 21.8 Å². The molecule has 11 heteroatoms. The maximum atomic E-state index is 13.0. The van der Waals surface area contributed by atoms with Crippen LogP contribution in [0.5, 0.6) is 0 Å². The quantitative estimate of drug-likeness (QED) is 0.660. The van der Waals surface area contributed by atoms with Crippen molar-refractivity contribution in [3.63, 3.8) is 0 Å².